The first-order valence-corrected chi connectivity index (χ1v) is 7.81. The van der Waals surface area contributed by atoms with E-state index in [0.717, 1.165) is 31.0 Å². The van der Waals surface area contributed by atoms with Crippen LogP contribution in [0.5, 0.6) is 0 Å². The number of alkyl halides is 1. The van der Waals surface area contributed by atoms with Crippen LogP contribution in [0, 0.1) is 5.92 Å². The van der Waals surface area contributed by atoms with Crippen molar-refractivity contribution < 1.29 is 14.3 Å². The van der Waals surface area contributed by atoms with E-state index in [9.17, 15) is 9.59 Å². The Hall–Kier alpha value is -0.580. The van der Waals surface area contributed by atoms with Gasteiger partial charge in [-0.1, -0.05) is 15.9 Å². The molecule has 0 spiro atoms. The van der Waals surface area contributed by atoms with E-state index in [-0.39, 0.29) is 17.8 Å². The summed E-state index contributed by atoms with van der Waals surface area (Å²) in [5.74, 6) is 0.0960. The number of carbonyl (C=O) groups is 2. The van der Waals surface area contributed by atoms with Crippen molar-refractivity contribution in [2.75, 3.05) is 25.0 Å². The van der Waals surface area contributed by atoms with Crippen molar-refractivity contribution in [2.24, 2.45) is 5.92 Å². The van der Waals surface area contributed by atoms with Crippen LogP contribution in [0.2, 0.25) is 0 Å². The van der Waals surface area contributed by atoms with Gasteiger partial charge < -0.3 is 9.64 Å². The highest BCUT2D eigenvalue weighted by Gasteiger charge is 2.27. The summed E-state index contributed by atoms with van der Waals surface area (Å²) in [6, 6.07) is 0. The number of halogens is 1. The number of ether oxygens (including phenoxy) is 1. The Bertz CT molecular complexity index is 275. The highest BCUT2D eigenvalue weighted by atomic mass is 79.9. The first kappa shape index (κ1) is 15.5. The van der Waals surface area contributed by atoms with Crippen LogP contribution < -0.4 is 0 Å². The smallest absolute Gasteiger partial charge is 0.309 e. The summed E-state index contributed by atoms with van der Waals surface area (Å²) in [5, 5.41) is 0.950. The second-order valence-corrected chi connectivity index (χ2v) is 5.35. The molecule has 0 radical (unpaired) electrons. The third kappa shape index (κ3) is 4.96. The number of hydrogen-bond donors (Lipinski definition) is 0. The van der Waals surface area contributed by atoms with Gasteiger partial charge in [0.15, 0.2) is 0 Å². The van der Waals surface area contributed by atoms with Gasteiger partial charge in [0.25, 0.3) is 0 Å². The van der Waals surface area contributed by atoms with Gasteiger partial charge in [-0.15, -0.1) is 0 Å². The third-order valence-corrected chi connectivity index (χ3v) is 3.80. The maximum absolute atomic E-state index is 11.9. The average Bonchev–Trinajstić information content (AvgIpc) is 2.39. The van der Waals surface area contributed by atoms with Gasteiger partial charge in [-0.25, -0.2) is 0 Å². The minimum Gasteiger partial charge on any atom is -0.466 e. The molecule has 1 fully saturated rings. The van der Waals surface area contributed by atoms with Crippen molar-refractivity contribution in [1.82, 2.24) is 4.90 Å². The SMILES string of the molecule is CCOC(=O)C1CCN(C(=O)CCCCBr)CC1. The summed E-state index contributed by atoms with van der Waals surface area (Å²) in [4.78, 5) is 25.3. The van der Waals surface area contributed by atoms with Crippen molar-refractivity contribution in [3.8, 4) is 0 Å². The first-order chi connectivity index (χ1) is 8.69. The van der Waals surface area contributed by atoms with Crippen molar-refractivity contribution in [3.05, 3.63) is 0 Å². The fraction of sp³-hybridized carbons (Fsp3) is 0.846. The predicted octanol–water partition coefficient (Wildman–Crippen LogP) is 2.35. The van der Waals surface area contributed by atoms with E-state index in [2.05, 4.69) is 15.9 Å². The van der Waals surface area contributed by atoms with Crippen molar-refractivity contribution in [2.45, 2.75) is 39.0 Å². The second kappa shape index (κ2) is 8.51. The molecule has 18 heavy (non-hydrogen) atoms. The van der Waals surface area contributed by atoms with E-state index in [1.165, 1.54) is 0 Å². The minimum atomic E-state index is -0.108. The van der Waals surface area contributed by atoms with E-state index >= 15 is 0 Å². The van der Waals surface area contributed by atoms with Gasteiger partial charge in [-0.3, -0.25) is 9.59 Å². The molecule has 0 N–H and O–H groups in total. The van der Waals surface area contributed by atoms with Crippen LogP contribution >= 0.6 is 15.9 Å². The number of rotatable bonds is 6. The van der Waals surface area contributed by atoms with Crippen LogP contribution in [0.15, 0.2) is 0 Å². The van der Waals surface area contributed by atoms with E-state index in [1.807, 2.05) is 11.8 Å². The number of piperidine rings is 1. The van der Waals surface area contributed by atoms with Gasteiger partial charge in [0, 0.05) is 24.8 Å². The zero-order valence-corrected chi connectivity index (χ0v) is 12.6. The Morgan fingerprint density at radius 2 is 1.94 bits per heavy atom. The molecule has 104 valence electrons. The topological polar surface area (TPSA) is 46.6 Å². The summed E-state index contributed by atoms with van der Waals surface area (Å²) in [5.41, 5.74) is 0. The zero-order valence-electron chi connectivity index (χ0n) is 11.0. The Morgan fingerprint density at radius 3 is 2.50 bits per heavy atom. The molecule has 1 rings (SSSR count). The number of amides is 1. The quantitative estimate of drug-likeness (QED) is 0.429. The lowest BCUT2D eigenvalue weighted by atomic mass is 9.96. The molecule has 5 heteroatoms. The van der Waals surface area contributed by atoms with Crippen molar-refractivity contribution >= 4 is 27.8 Å². The molecule has 0 saturated carbocycles. The van der Waals surface area contributed by atoms with Gasteiger partial charge in [0.1, 0.15) is 0 Å². The van der Waals surface area contributed by atoms with Crippen LogP contribution in [0.3, 0.4) is 0 Å². The Morgan fingerprint density at radius 1 is 1.28 bits per heavy atom. The van der Waals surface area contributed by atoms with Gasteiger partial charge >= 0.3 is 5.97 Å². The fourth-order valence-corrected chi connectivity index (χ4v) is 2.55. The molecule has 1 heterocycles. The molecule has 0 aromatic rings. The molecular formula is C13H22BrNO3. The Labute approximate surface area is 117 Å². The van der Waals surface area contributed by atoms with E-state index < -0.39 is 0 Å². The van der Waals surface area contributed by atoms with E-state index in [4.69, 9.17) is 4.74 Å². The zero-order chi connectivity index (χ0) is 13.4. The van der Waals surface area contributed by atoms with Crippen molar-refractivity contribution in [3.63, 3.8) is 0 Å². The molecule has 0 bridgehead atoms. The standard InChI is InChI=1S/C13H22BrNO3/c1-2-18-13(17)11-6-9-15(10-7-11)12(16)5-3-4-8-14/h11H,2-10H2,1H3. The molecule has 1 aliphatic rings. The summed E-state index contributed by atoms with van der Waals surface area (Å²) in [7, 11) is 0. The van der Waals surface area contributed by atoms with Crippen LogP contribution in [0.25, 0.3) is 0 Å². The Balaban J connectivity index is 2.26. The molecule has 0 aliphatic carbocycles. The molecule has 0 unspecified atom stereocenters. The second-order valence-electron chi connectivity index (χ2n) is 4.55. The van der Waals surface area contributed by atoms with Gasteiger partial charge in [-0.2, -0.15) is 0 Å². The maximum atomic E-state index is 11.9. The van der Waals surface area contributed by atoms with Crippen LogP contribution in [-0.4, -0.2) is 41.8 Å². The number of esters is 1. The highest BCUT2D eigenvalue weighted by molar-refractivity contribution is 9.09. The molecule has 1 amide bonds. The van der Waals surface area contributed by atoms with Crippen LogP contribution in [-0.2, 0) is 14.3 Å². The van der Waals surface area contributed by atoms with Gasteiger partial charge in [0.2, 0.25) is 5.91 Å². The Kier molecular flexibility index (Phi) is 7.32. The summed E-state index contributed by atoms with van der Waals surface area (Å²) in [6.45, 7) is 3.64. The number of likely N-dealkylation sites (tertiary alicyclic amines) is 1. The van der Waals surface area contributed by atoms with Crippen LogP contribution in [0.4, 0.5) is 0 Å². The minimum absolute atomic E-state index is 0.0171. The fourth-order valence-electron chi connectivity index (χ4n) is 2.15. The maximum Gasteiger partial charge on any atom is 0.309 e. The third-order valence-electron chi connectivity index (χ3n) is 3.24. The number of unbranched alkanes of at least 4 members (excludes halogenated alkanes) is 1. The molecule has 0 aromatic carbocycles. The molecular weight excluding hydrogens is 298 g/mol. The summed E-state index contributed by atoms with van der Waals surface area (Å²) >= 11 is 3.36. The molecule has 0 aromatic heterocycles. The molecule has 4 nitrogen and oxygen atoms in total. The first-order valence-electron chi connectivity index (χ1n) is 6.69. The predicted molar refractivity (Wildman–Crippen MR) is 73.6 cm³/mol. The number of carbonyl (C=O) groups excluding carboxylic acids is 2. The number of nitrogens with zero attached hydrogens (tertiary/aromatic N) is 1. The molecule has 1 aliphatic heterocycles. The molecule has 0 atom stereocenters. The largest absolute Gasteiger partial charge is 0.466 e. The number of hydrogen-bond acceptors (Lipinski definition) is 3. The summed E-state index contributed by atoms with van der Waals surface area (Å²) < 4.78 is 5.01. The lowest BCUT2D eigenvalue weighted by molar-refractivity contribution is -0.151. The summed E-state index contributed by atoms with van der Waals surface area (Å²) in [6.07, 6.45) is 4.06. The van der Waals surface area contributed by atoms with Crippen LogP contribution in [0.1, 0.15) is 39.0 Å². The lowest BCUT2D eigenvalue weighted by Crippen LogP contribution is -2.40. The molecule has 1 saturated heterocycles. The lowest BCUT2D eigenvalue weighted by Gasteiger charge is -2.31. The van der Waals surface area contributed by atoms with E-state index in [1.54, 1.807) is 0 Å². The van der Waals surface area contributed by atoms with Crippen molar-refractivity contribution in [1.29, 1.82) is 0 Å². The van der Waals surface area contributed by atoms with Gasteiger partial charge in [0.05, 0.1) is 12.5 Å². The van der Waals surface area contributed by atoms with Gasteiger partial charge in [-0.05, 0) is 32.6 Å². The van der Waals surface area contributed by atoms with E-state index in [0.29, 0.717) is 26.1 Å². The normalized spacial score (nSPS) is 16.7. The monoisotopic (exact) mass is 319 g/mol. The average molecular weight is 320 g/mol. The highest BCUT2D eigenvalue weighted by Crippen LogP contribution is 2.19.